The first-order chi connectivity index (χ1) is 22.9. The van der Waals surface area contributed by atoms with Crippen molar-refractivity contribution in [1.29, 1.82) is 0 Å². The number of benzene rings is 3. The van der Waals surface area contributed by atoms with Crippen LogP contribution in [0.3, 0.4) is 0 Å². The number of nitrogens with one attached hydrogen (secondary N) is 2. The van der Waals surface area contributed by atoms with Crippen molar-refractivity contribution in [3.8, 4) is 16.9 Å². The van der Waals surface area contributed by atoms with Crippen molar-refractivity contribution in [3.05, 3.63) is 83.2 Å². The van der Waals surface area contributed by atoms with Crippen molar-refractivity contribution >= 4 is 29.5 Å². The third-order valence-corrected chi connectivity index (χ3v) is 8.58. The van der Waals surface area contributed by atoms with Crippen molar-refractivity contribution in [2.24, 2.45) is 0 Å². The number of carbonyl (C=O) groups excluding carboxylic acids is 4. The fourth-order valence-corrected chi connectivity index (χ4v) is 6.20. The van der Waals surface area contributed by atoms with Gasteiger partial charge >= 0.3 is 12.2 Å². The third kappa shape index (κ3) is 8.37. The number of urea groups is 1. The van der Waals surface area contributed by atoms with Gasteiger partial charge in [-0.25, -0.2) is 9.18 Å². The number of aliphatic carboxylic acids is 1. The van der Waals surface area contributed by atoms with Crippen molar-refractivity contribution in [2.45, 2.75) is 58.0 Å². The highest BCUT2D eigenvalue weighted by Gasteiger charge is 2.53. The Hall–Kier alpha value is -4.98. The van der Waals surface area contributed by atoms with Gasteiger partial charge in [0.05, 0.1) is 19.2 Å². The lowest BCUT2D eigenvalue weighted by Crippen LogP contribution is -2.63. The van der Waals surface area contributed by atoms with Gasteiger partial charge < -0.3 is 24.9 Å². The van der Waals surface area contributed by atoms with E-state index in [0.717, 1.165) is 33.7 Å². The average molecular weight is 687 g/mol. The summed E-state index contributed by atoms with van der Waals surface area (Å²) in [6.45, 7) is 7.38. The number of nitrogens with zero attached hydrogens (tertiary/aromatic N) is 2. The number of hydrogen-bond acceptors (Lipinski definition) is 6. The molecule has 0 atom stereocenters. The van der Waals surface area contributed by atoms with Crippen LogP contribution in [0.15, 0.2) is 60.7 Å². The molecule has 3 aromatic rings. The van der Waals surface area contributed by atoms with Gasteiger partial charge in [0.1, 0.15) is 35.3 Å². The summed E-state index contributed by atoms with van der Waals surface area (Å²) >= 11 is 0. The molecule has 0 saturated carbocycles. The highest BCUT2D eigenvalue weighted by Crippen LogP contribution is 2.42. The highest BCUT2D eigenvalue weighted by atomic mass is 19.4. The Kier molecular flexibility index (Phi) is 10.7. The van der Waals surface area contributed by atoms with Gasteiger partial charge in [-0.2, -0.15) is 13.2 Å². The quantitative estimate of drug-likeness (QED) is 0.215. The second kappa shape index (κ2) is 14.2. The summed E-state index contributed by atoms with van der Waals surface area (Å²) in [4.78, 5) is 47.9. The molecule has 262 valence electrons. The molecule has 0 bridgehead atoms. The predicted octanol–water partition coefficient (Wildman–Crippen LogP) is 4.47. The average Bonchev–Trinajstić information content (AvgIpc) is 3.29. The Morgan fingerprint density at radius 2 is 1.67 bits per heavy atom. The zero-order valence-electron chi connectivity index (χ0n) is 27.7. The largest absolute Gasteiger partial charge is 0.542 e. The number of piperidine rings is 1. The topological polar surface area (TPSA) is 128 Å². The van der Waals surface area contributed by atoms with Gasteiger partial charge in [0.15, 0.2) is 0 Å². The normalized spacial score (nSPS) is 20.3. The van der Waals surface area contributed by atoms with Crippen molar-refractivity contribution in [3.63, 3.8) is 0 Å². The van der Waals surface area contributed by atoms with Crippen molar-refractivity contribution < 1.29 is 46.6 Å². The molecule has 0 unspecified atom stereocenters. The Morgan fingerprint density at radius 1 is 1.02 bits per heavy atom. The molecular weight excluding hydrogens is 648 g/mol. The fourth-order valence-electron chi connectivity index (χ4n) is 6.20. The lowest BCUT2D eigenvalue weighted by Gasteiger charge is -2.46. The van der Waals surface area contributed by atoms with Crippen LogP contribution in [0.2, 0.25) is 0 Å². The summed E-state index contributed by atoms with van der Waals surface area (Å²) in [7, 11) is 3.44. The van der Waals surface area contributed by atoms with Gasteiger partial charge in [-0.15, -0.1) is 0 Å². The van der Waals surface area contributed by atoms with Crippen LogP contribution in [0.1, 0.15) is 48.2 Å². The maximum atomic E-state index is 15.1. The molecule has 10 nitrogen and oxygen atoms in total. The minimum absolute atomic E-state index is 0.0168. The third-order valence-electron chi connectivity index (χ3n) is 8.58. The van der Waals surface area contributed by atoms with E-state index in [0.29, 0.717) is 42.5 Å². The van der Waals surface area contributed by atoms with E-state index in [1.54, 1.807) is 31.1 Å². The van der Waals surface area contributed by atoms with E-state index < -0.39 is 23.7 Å². The summed E-state index contributed by atoms with van der Waals surface area (Å²) < 4.78 is 53.0. The first-order valence-electron chi connectivity index (χ1n) is 15.5. The molecule has 2 saturated heterocycles. The van der Waals surface area contributed by atoms with Crippen LogP contribution < -0.4 is 25.0 Å². The maximum Gasteiger partial charge on any atom is 0.430 e. The lowest BCUT2D eigenvalue weighted by atomic mass is 9.84. The number of imide groups is 1. The van der Waals surface area contributed by atoms with Gasteiger partial charge in [-0.3, -0.25) is 19.4 Å². The van der Waals surface area contributed by atoms with E-state index in [-0.39, 0.29) is 23.7 Å². The van der Waals surface area contributed by atoms with Crippen LogP contribution in [0.5, 0.6) is 5.75 Å². The molecule has 0 radical (unpaired) electrons. The molecule has 3 aromatic carbocycles. The molecule has 0 aliphatic carbocycles. The van der Waals surface area contributed by atoms with Crippen LogP contribution in [-0.4, -0.2) is 73.7 Å². The molecule has 14 heteroatoms. The monoisotopic (exact) mass is 686 g/mol. The minimum Gasteiger partial charge on any atom is -0.542 e. The standard InChI is InChI=1S/C33H37FN4O4.C2HF3O2/c1-21(2)42-26-8-6-7-23(18-26)20-38(15-13-33(14-16-38)31(40)35-32(41)36-33)29-19-25(34)10-12-28(29)24-9-11-27(22(3)17-24)30(39)37(4)5;3-2(4,5)1(6)7/h6-12,17-19,21H,13-16,20H2,1-5H3,(H-,35,36,40,41);(H,6,7). The minimum atomic E-state index is -5.19. The van der Waals surface area contributed by atoms with Gasteiger partial charge in [0.2, 0.25) is 0 Å². The summed E-state index contributed by atoms with van der Waals surface area (Å²) in [5.74, 6) is -3.00. The van der Waals surface area contributed by atoms with Crippen LogP contribution >= 0.6 is 0 Å². The van der Waals surface area contributed by atoms with Gasteiger partial charge in [-0.1, -0.05) is 24.3 Å². The zero-order chi connectivity index (χ0) is 36.3. The van der Waals surface area contributed by atoms with E-state index in [1.807, 2.05) is 63.2 Å². The first kappa shape index (κ1) is 36.8. The molecule has 2 N–H and O–H groups in total. The number of carboxylic acids is 1. The number of hydrogen-bond donors (Lipinski definition) is 2. The highest BCUT2D eigenvalue weighted by molar-refractivity contribution is 6.07. The van der Waals surface area contributed by atoms with E-state index in [9.17, 15) is 27.6 Å². The smallest absolute Gasteiger partial charge is 0.430 e. The predicted molar refractivity (Wildman–Crippen MR) is 172 cm³/mol. The second-order valence-electron chi connectivity index (χ2n) is 12.7. The molecule has 2 fully saturated rings. The molecule has 4 amide bonds. The molecule has 2 heterocycles. The molecule has 2 aliphatic rings. The Balaban J connectivity index is 0.000000698. The van der Waals surface area contributed by atoms with E-state index >= 15 is 4.39 Å². The van der Waals surface area contributed by atoms with Gasteiger partial charge in [0, 0.05) is 49.7 Å². The number of carbonyl (C=O) groups is 4. The van der Waals surface area contributed by atoms with Crippen LogP contribution in [-0.2, 0) is 16.1 Å². The Bertz CT molecular complexity index is 1750. The summed E-state index contributed by atoms with van der Waals surface area (Å²) in [6, 6.07) is 18.0. The Morgan fingerprint density at radius 3 is 2.20 bits per heavy atom. The zero-order valence-corrected chi connectivity index (χ0v) is 27.7. The van der Waals surface area contributed by atoms with E-state index in [2.05, 4.69) is 10.6 Å². The number of carboxylic acid groups (broad SMARTS) is 1. The van der Waals surface area contributed by atoms with Crippen molar-refractivity contribution in [1.82, 2.24) is 20.0 Å². The molecule has 0 aromatic heterocycles. The number of quaternary nitrogens is 1. The van der Waals surface area contributed by atoms with Gasteiger partial charge in [0.25, 0.3) is 11.8 Å². The first-order valence-corrected chi connectivity index (χ1v) is 15.5. The number of aryl methyl sites for hydroxylation is 1. The summed E-state index contributed by atoms with van der Waals surface area (Å²) in [5.41, 5.74) is 4.00. The molecule has 1 spiro atoms. The molecular formula is C35H38F4N4O6. The number of likely N-dealkylation sites (tertiary alicyclic amines) is 1. The second-order valence-corrected chi connectivity index (χ2v) is 12.7. The number of alkyl halides is 3. The fraction of sp³-hybridized carbons (Fsp3) is 0.371. The summed E-state index contributed by atoms with van der Waals surface area (Å²) in [6.07, 6.45) is -4.38. The number of halogens is 4. The maximum absolute atomic E-state index is 15.1. The summed E-state index contributed by atoms with van der Waals surface area (Å²) in [5, 5.41) is 14.0. The SMILES string of the molecule is Cc1cc(-c2ccc(F)cc2[N+]2(Cc3cccc(OC(C)C)c3)CCC3(CC2)NC(=O)NC3=O)ccc1C(=O)N(C)C.O=C([O-])C(F)(F)F. The number of rotatable bonds is 7. The lowest BCUT2D eigenvalue weighted by molar-refractivity contribution is -0.344. The molecule has 2 aliphatic heterocycles. The van der Waals surface area contributed by atoms with Gasteiger partial charge in [-0.05, 0) is 62.2 Å². The van der Waals surface area contributed by atoms with Crippen molar-refractivity contribution in [2.75, 3.05) is 27.2 Å². The van der Waals surface area contributed by atoms with E-state index in [1.165, 1.54) is 6.07 Å². The van der Waals surface area contributed by atoms with Crippen LogP contribution in [0.4, 0.5) is 28.0 Å². The number of amides is 4. The Labute approximate surface area is 281 Å². The number of ether oxygens (including phenoxy) is 1. The molecule has 5 rings (SSSR count). The van der Waals surface area contributed by atoms with Crippen LogP contribution in [0, 0.1) is 12.7 Å². The van der Waals surface area contributed by atoms with Crippen LogP contribution in [0.25, 0.3) is 11.1 Å². The molecule has 49 heavy (non-hydrogen) atoms. The van der Waals surface area contributed by atoms with E-state index in [4.69, 9.17) is 14.6 Å².